The monoisotopic (exact) mass is 551 g/mol. The normalized spacial score (nSPS) is 14.5. The highest BCUT2D eigenvalue weighted by Gasteiger charge is 2.45. The summed E-state index contributed by atoms with van der Waals surface area (Å²) >= 11 is 13.9. The number of ketones is 1. The summed E-state index contributed by atoms with van der Waals surface area (Å²) in [6.45, 7) is 1.07. The fourth-order valence-corrected chi connectivity index (χ4v) is 4.79. The van der Waals surface area contributed by atoms with Gasteiger partial charge in [-0.25, -0.2) is 4.79 Å². The number of rotatable bonds is 13. The predicted octanol–water partition coefficient (Wildman–Crippen LogP) is 3.42. The lowest BCUT2D eigenvalue weighted by Crippen LogP contribution is -2.43. The number of aliphatic hydroxyl groups is 1. The van der Waals surface area contributed by atoms with Gasteiger partial charge >= 0.3 is 17.9 Å². The van der Waals surface area contributed by atoms with Gasteiger partial charge in [-0.3, -0.25) is 14.4 Å². The number of carbonyl (C=O) groups is 4. The topological polar surface area (TPSA) is 152 Å². The Bertz CT molecular complexity index is 905. The van der Waals surface area contributed by atoms with Crippen molar-refractivity contribution in [2.45, 2.75) is 49.5 Å². The van der Waals surface area contributed by atoms with Crippen LogP contribution in [0.1, 0.15) is 44.1 Å². The average molecular weight is 552 g/mol. The standard InChI is InChI=1S/C17H23Cl2NOS.C6H8O7/c1-20(2)9-4-10-22-12-16(21)17(7-3-8-17)13-5-6-14(18)15(19)11-13;7-3(8)1-6(13,5(11)12)2-4(9)10/h5-6,11H,3-4,7-10,12H2,1-2H3;13H,1-2H2,(H,7,8)(H,9,10)(H,11,12). The van der Waals surface area contributed by atoms with Crippen molar-refractivity contribution in [3.63, 3.8) is 0 Å². The van der Waals surface area contributed by atoms with Crippen molar-refractivity contribution in [1.29, 1.82) is 0 Å². The number of halogens is 2. The molecule has 35 heavy (non-hydrogen) atoms. The largest absolute Gasteiger partial charge is 0.481 e. The van der Waals surface area contributed by atoms with Gasteiger partial charge < -0.3 is 25.3 Å². The summed E-state index contributed by atoms with van der Waals surface area (Å²) in [5.41, 5.74) is -2.02. The van der Waals surface area contributed by atoms with Crippen LogP contribution in [0.4, 0.5) is 0 Å². The van der Waals surface area contributed by atoms with E-state index in [1.165, 1.54) is 0 Å². The molecule has 0 radical (unpaired) electrons. The average Bonchev–Trinajstić information content (AvgIpc) is 2.68. The van der Waals surface area contributed by atoms with E-state index < -0.39 is 36.4 Å². The molecule has 1 aromatic carbocycles. The van der Waals surface area contributed by atoms with Crippen molar-refractivity contribution in [1.82, 2.24) is 4.90 Å². The molecule has 1 fully saturated rings. The van der Waals surface area contributed by atoms with Gasteiger partial charge in [-0.15, -0.1) is 0 Å². The molecule has 0 heterocycles. The van der Waals surface area contributed by atoms with Gasteiger partial charge in [0.1, 0.15) is 0 Å². The number of hydrogen-bond acceptors (Lipinski definition) is 7. The number of benzene rings is 1. The van der Waals surface area contributed by atoms with E-state index in [2.05, 4.69) is 19.0 Å². The third-order valence-corrected chi connectivity index (χ3v) is 7.41. The van der Waals surface area contributed by atoms with Gasteiger partial charge in [0, 0.05) is 0 Å². The van der Waals surface area contributed by atoms with E-state index in [0.717, 1.165) is 43.5 Å². The second kappa shape index (κ2) is 14.0. The van der Waals surface area contributed by atoms with Crippen molar-refractivity contribution < 1.29 is 39.6 Å². The lowest BCUT2D eigenvalue weighted by Gasteiger charge is -2.41. The molecular weight excluding hydrogens is 521 g/mol. The van der Waals surface area contributed by atoms with Crippen molar-refractivity contribution in [3.05, 3.63) is 33.8 Å². The summed E-state index contributed by atoms with van der Waals surface area (Å²) in [5, 5.41) is 34.9. The molecule has 0 spiro atoms. The van der Waals surface area contributed by atoms with Crippen LogP contribution in [-0.2, 0) is 24.6 Å². The van der Waals surface area contributed by atoms with Crippen LogP contribution in [0.5, 0.6) is 0 Å². The highest BCUT2D eigenvalue weighted by Crippen LogP contribution is 2.46. The van der Waals surface area contributed by atoms with Gasteiger partial charge in [-0.1, -0.05) is 35.7 Å². The second-order valence-corrected chi connectivity index (χ2v) is 10.6. The number of aliphatic carboxylic acids is 3. The maximum atomic E-state index is 12.7. The highest BCUT2D eigenvalue weighted by atomic mass is 35.5. The smallest absolute Gasteiger partial charge is 0.336 e. The molecule has 4 N–H and O–H groups in total. The van der Waals surface area contributed by atoms with Crippen LogP contribution in [0.2, 0.25) is 10.0 Å². The molecule has 1 aliphatic rings. The van der Waals surface area contributed by atoms with E-state index in [-0.39, 0.29) is 5.41 Å². The molecule has 1 aromatic rings. The highest BCUT2D eigenvalue weighted by molar-refractivity contribution is 7.99. The summed E-state index contributed by atoms with van der Waals surface area (Å²) < 4.78 is 0. The van der Waals surface area contributed by atoms with Gasteiger partial charge in [0.25, 0.3) is 0 Å². The molecule has 0 aliphatic heterocycles. The van der Waals surface area contributed by atoms with Crippen molar-refractivity contribution in [2.24, 2.45) is 0 Å². The molecule has 0 atom stereocenters. The Balaban J connectivity index is 0.000000405. The molecule has 0 unspecified atom stereocenters. The molecule has 2 rings (SSSR count). The van der Waals surface area contributed by atoms with Crippen LogP contribution in [-0.4, -0.2) is 86.8 Å². The van der Waals surface area contributed by atoms with E-state index in [1.54, 1.807) is 17.8 Å². The van der Waals surface area contributed by atoms with Gasteiger partial charge in [0.15, 0.2) is 11.4 Å². The number of nitrogens with zero attached hydrogens (tertiary/aromatic N) is 1. The minimum atomic E-state index is -2.74. The quantitative estimate of drug-likeness (QED) is 0.268. The van der Waals surface area contributed by atoms with Crippen LogP contribution in [0.25, 0.3) is 0 Å². The van der Waals surface area contributed by atoms with Crippen molar-refractivity contribution >= 4 is 58.7 Å². The molecule has 0 saturated heterocycles. The number of Topliss-reactive ketones (excluding diaryl/α,β-unsaturated/α-hetero) is 1. The second-order valence-electron chi connectivity index (χ2n) is 8.67. The van der Waals surface area contributed by atoms with Gasteiger partial charge in [-0.2, -0.15) is 11.8 Å². The number of carboxylic acids is 3. The van der Waals surface area contributed by atoms with Crippen molar-refractivity contribution in [3.8, 4) is 0 Å². The van der Waals surface area contributed by atoms with Crippen LogP contribution in [0.15, 0.2) is 18.2 Å². The molecule has 196 valence electrons. The first-order valence-corrected chi connectivity index (χ1v) is 12.8. The lowest BCUT2D eigenvalue weighted by molar-refractivity contribution is -0.170. The Hall–Kier alpha value is -1.85. The maximum absolute atomic E-state index is 12.7. The number of carboxylic acid groups (broad SMARTS) is 3. The Morgan fingerprint density at radius 1 is 1.03 bits per heavy atom. The summed E-state index contributed by atoms with van der Waals surface area (Å²) in [5.74, 6) is -3.06. The maximum Gasteiger partial charge on any atom is 0.336 e. The van der Waals surface area contributed by atoms with Gasteiger partial charge in [-0.05, 0) is 63.4 Å². The van der Waals surface area contributed by atoms with E-state index >= 15 is 0 Å². The minimum absolute atomic E-state index is 0.317. The first-order chi connectivity index (χ1) is 16.2. The first-order valence-electron chi connectivity index (χ1n) is 10.8. The van der Waals surface area contributed by atoms with Crippen LogP contribution < -0.4 is 0 Å². The van der Waals surface area contributed by atoms with Gasteiger partial charge in [0.05, 0.1) is 34.1 Å². The predicted molar refractivity (Wildman–Crippen MR) is 135 cm³/mol. The number of carbonyl (C=O) groups excluding carboxylic acids is 1. The fourth-order valence-electron chi connectivity index (χ4n) is 3.55. The van der Waals surface area contributed by atoms with Crippen LogP contribution in [0.3, 0.4) is 0 Å². The number of thioether (sulfide) groups is 1. The molecule has 9 nitrogen and oxygen atoms in total. The molecule has 0 aromatic heterocycles. The summed E-state index contributed by atoms with van der Waals surface area (Å²) in [4.78, 5) is 45.4. The lowest BCUT2D eigenvalue weighted by atomic mass is 9.62. The van der Waals surface area contributed by atoms with Crippen LogP contribution in [0, 0.1) is 0 Å². The SMILES string of the molecule is CN(C)CCCSCC(=O)C1(c2ccc(Cl)c(Cl)c2)CCC1.O=C(O)CC(O)(CC(=O)O)C(=O)O. The van der Waals surface area contributed by atoms with E-state index in [9.17, 15) is 19.2 Å². The minimum Gasteiger partial charge on any atom is -0.481 e. The fraction of sp³-hybridized carbons (Fsp3) is 0.565. The zero-order valence-electron chi connectivity index (χ0n) is 19.6. The Morgan fingerprint density at radius 2 is 1.60 bits per heavy atom. The third-order valence-electron chi connectivity index (χ3n) is 5.63. The molecule has 12 heteroatoms. The molecular formula is C23H31Cl2NO8S. The van der Waals surface area contributed by atoms with E-state index in [4.69, 9.17) is 43.6 Å². The van der Waals surface area contributed by atoms with Crippen LogP contribution >= 0.6 is 35.0 Å². The summed E-state index contributed by atoms with van der Waals surface area (Å²) in [7, 11) is 4.15. The summed E-state index contributed by atoms with van der Waals surface area (Å²) in [6, 6.07) is 5.64. The van der Waals surface area contributed by atoms with E-state index in [0.29, 0.717) is 21.6 Å². The van der Waals surface area contributed by atoms with Crippen molar-refractivity contribution in [2.75, 3.05) is 32.1 Å². The third kappa shape index (κ3) is 9.61. The Kier molecular flexibility index (Phi) is 12.5. The molecule has 1 aliphatic carbocycles. The zero-order chi connectivity index (χ0) is 26.8. The molecule has 0 amide bonds. The first kappa shape index (κ1) is 31.2. The van der Waals surface area contributed by atoms with Gasteiger partial charge in [0.2, 0.25) is 0 Å². The Morgan fingerprint density at radius 3 is 2.00 bits per heavy atom. The Labute approximate surface area is 218 Å². The van der Waals surface area contributed by atoms with E-state index in [1.807, 2.05) is 12.1 Å². The summed E-state index contributed by atoms with van der Waals surface area (Å²) in [6.07, 6.45) is 1.80. The number of hydrogen-bond donors (Lipinski definition) is 4. The molecule has 1 saturated carbocycles. The zero-order valence-corrected chi connectivity index (χ0v) is 22.0. The molecule has 0 bridgehead atoms.